The molecule has 1 aliphatic carbocycles. The number of aliphatic carboxylic acids is 1. The average molecular weight is 224 g/mol. The molecule has 1 fully saturated rings. The SMILES string of the molecule is O=C(O)CC(=O)C1(C(F)(F)F)CCCC1. The van der Waals surface area contributed by atoms with Crippen LogP contribution in [0.25, 0.3) is 0 Å². The highest BCUT2D eigenvalue weighted by molar-refractivity contribution is 5.98. The van der Waals surface area contributed by atoms with Gasteiger partial charge in [0.2, 0.25) is 0 Å². The lowest BCUT2D eigenvalue weighted by Gasteiger charge is -2.29. The number of alkyl halides is 3. The maximum absolute atomic E-state index is 12.7. The maximum atomic E-state index is 12.7. The predicted octanol–water partition coefficient (Wildman–Crippen LogP) is 2.15. The lowest BCUT2D eigenvalue weighted by Crippen LogP contribution is -2.43. The normalized spacial score (nSPS) is 20.2. The molecule has 6 heteroatoms. The second kappa shape index (κ2) is 3.83. The summed E-state index contributed by atoms with van der Waals surface area (Å²) in [6.07, 6.45) is -5.57. The average Bonchev–Trinajstić information content (AvgIpc) is 2.49. The van der Waals surface area contributed by atoms with Crippen molar-refractivity contribution in [3.8, 4) is 0 Å². The number of carboxylic acids is 1. The van der Waals surface area contributed by atoms with Gasteiger partial charge in [0.25, 0.3) is 0 Å². The van der Waals surface area contributed by atoms with Gasteiger partial charge in [-0.25, -0.2) is 0 Å². The van der Waals surface area contributed by atoms with Crippen molar-refractivity contribution in [2.24, 2.45) is 5.41 Å². The van der Waals surface area contributed by atoms with Crippen molar-refractivity contribution in [2.75, 3.05) is 0 Å². The molecule has 0 spiro atoms. The van der Waals surface area contributed by atoms with E-state index in [9.17, 15) is 22.8 Å². The van der Waals surface area contributed by atoms with Crippen molar-refractivity contribution in [3.05, 3.63) is 0 Å². The second-order valence-electron chi connectivity index (χ2n) is 3.78. The zero-order valence-corrected chi connectivity index (χ0v) is 7.93. The summed E-state index contributed by atoms with van der Waals surface area (Å²) < 4.78 is 38.1. The highest BCUT2D eigenvalue weighted by atomic mass is 19.4. The Balaban J connectivity index is 2.92. The summed E-state index contributed by atoms with van der Waals surface area (Å²) in [6, 6.07) is 0. The number of Topliss-reactive ketones (excluding diaryl/α,β-unsaturated/α-hetero) is 1. The van der Waals surface area contributed by atoms with E-state index in [4.69, 9.17) is 5.11 Å². The zero-order chi connectivity index (χ0) is 11.7. The number of hydrogen-bond donors (Lipinski definition) is 1. The van der Waals surface area contributed by atoms with Crippen LogP contribution in [0.3, 0.4) is 0 Å². The Kier molecular flexibility index (Phi) is 3.06. The van der Waals surface area contributed by atoms with Gasteiger partial charge in [-0.1, -0.05) is 12.8 Å². The molecule has 1 rings (SSSR count). The Labute approximate surface area is 84.3 Å². The van der Waals surface area contributed by atoms with Gasteiger partial charge in [-0.3, -0.25) is 9.59 Å². The molecule has 0 saturated heterocycles. The second-order valence-corrected chi connectivity index (χ2v) is 3.78. The van der Waals surface area contributed by atoms with E-state index in [-0.39, 0.29) is 12.8 Å². The van der Waals surface area contributed by atoms with Crippen LogP contribution < -0.4 is 0 Å². The van der Waals surface area contributed by atoms with Crippen molar-refractivity contribution in [2.45, 2.75) is 38.3 Å². The van der Waals surface area contributed by atoms with Gasteiger partial charge in [-0.15, -0.1) is 0 Å². The van der Waals surface area contributed by atoms with E-state index in [1.165, 1.54) is 0 Å². The monoisotopic (exact) mass is 224 g/mol. The van der Waals surface area contributed by atoms with Gasteiger partial charge in [0.05, 0.1) is 0 Å². The van der Waals surface area contributed by atoms with Crippen LogP contribution >= 0.6 is 0 Å². The fraction of sp³-hybridized carbons (Fsp3) is 0.778. The molecule has 0 aliphatic heterocycles. The molecule has 0 aromatic heterocycles. The third-order valence-corrected chi connectivity index (χ3v) is 2.85. The molecule has 0 unspecified atom stereocenters. The minimum Gasteiger partial charge on any atom is -0.481 e. The fourth-order valence-electron chi connectivity index (χ4n) is 2.01. The summed E-state index contributed by atoms with van der Waals surface area (Å²) in [5.41, 5.74) is -2.40. The number of halogens is 3. The minimum atomic E-state index is -4.63. The maximum Gasteiger partial charge on any atom is 0.401 e. The lowest BCUT2D eigenvalue weighted by atomic mass is 9.79. The molecule has 0 amide bonds. The Morgan fingerprint density at radius 2 is 1.67 bits per heavy atom. The van der Waals surface area contributed by atoms with Crippen LogP contribution in [0.1, 0.15) is 32.1 Å². The number of carboxylic acid groups (broad SMARTS) is 1. The highest BCUT2D eigenvalue weighted by Crippen LogP contribution is 2.51. The topological polar surface area (TPSA) is 54.4 Å². The Morgan fingerprint density at radius 1 is 1.20 bits per heavy atom. The molecule has 0 radical (unpaired) electrons. The van der Waals surface area contributed by atoms with Crippen molar-refractivity contribution in [1.82, 2.24) is 0 Å². The van der Waals surface area contributed by atoms with Crippen molar-refractivity contribution >= 4 is 11.8 Å². The van der Waals surface area contributed by atoms with E-state index < -0.39 is 29.8 Å². The number of rotatable bonds is 3. The lowest BCUT2D eigenvalue weighted by molar-refractivity contribution is -0.218. The molecule has 1 saturated carbocycles. The van der Waals surface area contributed by atoms with Gasteiger partial charge in [0.1, 0.15) is 11.8 Å². The smallest absolute Gasteiger partial charge is 0.401 e. The van der Waals surface area contributed by atoms with Crippen LogP contribution in [0.4, 0.5) is 13.2 Å². The quantitative estimate of drug-likeness (QED) is 0.747. The van der Waals surface area contributed by atoms with E-state index in [1.54, 1.807) is 0 Å². The summed E-state index contributed by atoms with van der Waals surface area (Å²) in [4.78, 5) is 21.6. The first-order valence-corrected chi connectivity index (χ1v) is 4.61. The number of carbonyl (C=O) groups excluding carboxylic acids is 1. The molecule has 0 aromatic rings. The zero-order valence-electron chi connectivity index (χ0n) is 7.93. The van der Waals surface area contributed by atoms with Crippen molar-refractivity contribution < 1.29 is 27.9 Å². The van der Waals surface area contributed by atoms with E-state index in [2.05, 4.69) is 0 Å². The summed E-state index contributed by atoms with van der Waals surface area (Å²) in [5, 5.41) is 8.34. The fourth-order valence-corrected chi connectivity index (χ4v) is 2.01. The van der Waals surface area contributed by atoms with E-state index in [0.29, 0.717) is 12.8 Å². The number of carbonyl (C=O) groups is 2. The number of hydrogen-bond acceptors (Lipinski definition) is 2. The van der Waals surface area contributed by atoms with Crippen LogP contribution in [-0.4, -0.2) is 23.0 Å². The molecule has 1 aliphatic rings. The third-order valence-electron chi connectivity index (χ3n) is 2.85. The van der Waals surface area contributed by atoms with Crippen LogP contribution in [-0.2, 0) is 9.59 Å². The predicted molar refractivity (Wildman–Crippen MR) is 44.2 cm³/mol. The molecule has 0 heterocycles. The molecular weight excluding hydrogens is 213 g/mol. The summed E-state index contributed by atoms with van der Waals surface area (Å²) in [7, 11) is 0. The molecule has 0 atom stereocenters. The molecule has 86 valence electrons. The molecule has 0 aromatic carbocycles. The third kappa shape index (κ3) is 2.13. The van der Waals surface area contributed by atoms with Crippen molar-refractivity contribution in [1.29, 1.82) is 0 Å². The van der Waals surface area contributed by atoms with Crippen LogP contribution in [0.15, 0.2) is 0 Å². The van der Waals surface area contributed by atoms with Gasteiger partial charge in [-0.2, -0.15) is 13.2 Å². The molecule has 1 N–H and O–H groups in total. The molecular formula is C9H11F3O3. The van der Waals surface area contributed by atoms with E-state index in [1.807, 2.05) is 0 Å². The Bertz CT molecular complexity index is 277. The van der Waals surface area contributed by atoms with Gasteiger partial charge in [0, 0.05) is 0 Å². The number of ketones is 1. The Hall–Kier alpha value is -1.07. The summed E-state index contributed by atoms with van der Waals surface area (Å²) in [5.74, 6) is -2.71. The first-order chi connectivity index (χ1) is 6.79. The minimum absolute atomic E-state index is 0.275. The van der Waals surface area contributed by atoms with Crippen LogP contribution in [0, 0.1) is 5.41 Å². The van der Waals surface area contributed by atoms with E-state index >= 15 is 0 Å². The van der Waals surface area contributed by atoms with Crippen LogP contribution in [0.2, 0.25) is 0 Å². The summed E-state index contributed by atoms with van der Waals surface area (Å²) >= 11 is 0. The van der Waals surface area contributed by atoms with Gasteiger partial charge in [0.15, 0.2) is 5.78 Å². The molecule has 15 heavy (non-hydrogen) atoms. The van der Waals surface area contributed by atoms with Gasteiger partial charge < -0.3 is 5.11 Å². The van der Waals surface area contributed by atoms with Gasteiger partial charge >= 0.3 is 12.1 Å². The van der Waals surface area contributed by atoms with E-state index in [0.717, 1.165) is 0 Å². The molecule has 3 nitrogen and oxygen atoms in total. The molecule has 0 bridgehead atoms. The highest BCUT2D eigenvalue weighted by Gasteiger charge is 2.60. The standard InChI is InChI=1S/C9H11F3O3/c10-9(11,12)8(3-1-2-4-8)6(13)5-7(14)15/h1-5H2,(H,14,15). The summed E-state index contributed by atoms with van der Waals surface area (Å²) in [6.45, 7) is 0. The Morgan fingerprint density at radius 3 is 2.00 bits per heavy atom. The first-order valence-electron chi connectivity index (χ1n) is 4.61. The first kappa shape index (κ1) is 12.0. The largest absolute Gasteiger partial charge is 0.481 e. The van der Waals surface area contributed by atoms with Gasteiger partial charge in [-0.05, 0) is 12.8 Å². The van der Waals surface area contributed by atoms with Crippen molar-refractivity contribution in [3.63, 3.8) is 0 Å². The van der Waals surface area contributed by atoms with Crippen LogP contribution in [0.5, 0.6) is 0 Å².